The molecule has 0 unspecified atom stereocenters. The number of aromatic nitrogens is 4. The van der Waals surface area contributed by atoms with Crippen LogP contribution in [0.5, 0.6) is 0 Å². The number of nitrogens with one attached hydrogen (secondary N) is 1. The van der Waals surface area contributed by atoms with E-state index in [4.69, 9.17) is 0 Å². The summed E-state index contributed by atoms with van der Waals surface area (Å²) in [6.07, 6.45) is 9.68. The Labute approximate surface area is 135 Å². The Morgan fingerprint density at radius 3 is 2.70 bits per heavy atom. The summed E-state index contributed by atoms with van der Waals surface area (Å²) in [4.78, 5) is 24.5. The third-order valence-electron chi connectivity index (χ3n) is 3.89. The number of rotatable bonds is 4. The van der Waals surface area contributed by atoms with Crippen molar-refractivity contribution in [2.45, 2.75) is 6.42 Å². The second kappa shape index (κ2) is 7.08. The molecule has 8 heteroatoms. The second-order valence-electron chi connectivity index (χ2n) is 5.54. The van der Waals surface area contributed by atoms with Crippen molar-refractivity contribution < 1.29 is 4.79 Å². The molecular formula is C15H21N7O. The van der Waals surface area contributed by atoms with Gasteiger partial charge in [-0.15, -0.1) is 0 Å². The van der Waals surface area contributed by atoms with Crippen LogP contribution in [0.15, 0.2) is 31.0 Å². The lowest BCUT2D eigenvalue weighted by Crippen LogP contribution is -2.52. The van der Waals surface area contributed by atoms with E-state index < -0.39 is 0 Å². The highest BCUT2D eigenvalue weighted by molar-refractivity contribution is 5.74. The fraction of sp³-hybridized carbons (Fsp3) is 0.467. The first kappa shape index (κ1) is 15.3. The number of piperazine rings is 1. The molecule has 0 bridgehead atoms. The number of nitrogens with zero attached hydrogens (tertiary/aromatic N) is 6. The first-order valence-corrected chi connectivity index (χ1v) is 7.73. The van der Waals surface area contributed by atoms with Gasteiger partial charge in [-0.3, -0.25) is 9.67 Å². The maximum atomic E-state index is 12.2. The van der Waals surface area contributed by atoms with Gasteiger partial charge in [-0.2, -0.15) is 5.10 Å². The van der Waals surface area contributed by atoms with Crippen LogP contribution in [0.1, 0.15) is 5.56 Å². The minimum absolute atomic E-state index is 0.00677. The maximum absolute atomic E-state index is 12.2. The zero-order valence-corrected chi connectivity index (χ0v) is 13.2. The van der Waals surface area contributed by atoms with Crippen molar-refractivity contribution in [2.24, 2.45) is 7.05 Å². The summed E-state index contributed by atoms with van der Waals surface area (Å²) in [5, 5.41) is 7.09. The number of amides is 2. The molecule has 1 aliphatic rings. The van der Waals surface area contributed by atoms with Gasteiger partial charge in [-0.25, -0.2) is 9.78 Å². The molecule has 1 N–H and O–H groups in total. The maximum Gasteiger partial charge on any atom is 0.317 e. The molecule has 2 aromatic heterocycles. The molecule has 1 saturated heterocycles. The topological polar surface area (TPSA) is 79.2 Å². The number of urea groups is 1. The highest BCUT2D eigenvalue weighted by Gasteiger charge is 2.21. The normalized spacial score (nSPS) is 14.8. The van der Waals surface area contributed by atoms with Crippen molar-refractivity contribution >= 4 is 11.8 Å². The number of aryl methyl sites for hydroxylation is 1. The number of carbonyl (C=O) groups is 1. The van der Waals surface area contributed by atoms with Crippen molar-refractivity contribution in [3.8, 4) is 0 Å². The summed E-state index contributed by atoms with van der Waals surface area (Å²) in [5.74, 6) is 0.865. The van der Waals surface area contributed by atoms with E-state index in [-0.39, 0.29) is 6.03 Å². The number of hydrogen-bond donors (Lipinski definition) is 1. The summed E-state index contributed by atoms with van der Waals surface area (Å²) in [6, 6.07) is -0.00677. The molecule has 0 saturated carbocycles. The first-order valence-electron chi connectivity index (χ1n) is 7.73. The van der Waals surface area contributed by atoms with Gasteiger partial charge in [-0.1, -0.05) is 0 Å². The number of anilines is 1. The van der Waals surface area contributed by atoms with Crippen LogP contribution < -0.4 is 10.2 Å². The van der Waals surface area contributed by atoms with Gasteiger partial charge in [0.1, 0.15) is 5.82 Å². The van der Waals surface area contributed by atoms with Crippen LogP contribution in [-0.4, -0.2) is 63.4 Å². The fourth-order valence-corrected chi connectivity index (χ4v) is 2.62. The van der Waals surface area contributed by atoms with E-state index in [9.17, 15) is 4.79 Å². The summed E-state index contributed by atoms with van der Waals surface area (Å²) >= 11 is 0. The van der Waals surface area contributed by atoms with Crippen LogP contribution in [-0.2, 0) is 13.5 Å². The number of carbonyl (C=O) groups excluding carboxylic acids is 1. The van der Waals surface area contributed by atoms with E-state index in [1.807, 2.05) is 24.3 Å². The third-order valence-corrected chi connectivity index (χ3v) is 3.89. The largest absolute Gasteiger partial charge is 0.352 e. The molecule has 23 heavy (non-hydrogen) atoms. The zero-order valence-electron chi connectivity index (χ0n) is 13.2. The van der Waals surface area contributed by atoms with E-state index >= 15 is 0 Å². The van der Waals surface area contributed by atoms with Crippen molar-refractivity contribution in [1.29, 1.82) is 0 Å². The molecule has 1 aliphatic heterocycles. The van der Waals surface area contributed by atoms with Gasteiger partial charge in [0.2, 0.25) is 0 Å². The Bertz CT molecular complexity index is 634. The van der Waals surface area contributed by atoms with Crippen LogP contribution in [0.4, 0.5) is 10.6 Å². The molecule has 0 aromatic carbocycles. The quantitative estimate of drug-likeness (QED) is 0.877. The molecule has 3 heterocycles. The average Bonchev–Trinajstić information content (AvgIpc) is 3.01. The van der Waals surface area contributed by atoms with Crippen molar-refractivity contribution in [2.75, 3.05) is 37.6 Å². The molecule has 2 aromatic rings. The van der Waals surface area contributed by atoms with E-state index in [2.05, 4.69) is 25.3 Å². The summed E-state index contributed by atoms with van der Waals surface area (Å²) in [7, 11) is 1.89. The summed E-state index contributed by atoms with van der Waals surface area (Å²) < 4.78 is 1.77. The Morgan fingerprint density at radius 1 is 1.22 bits per heavy atom. The second-order valence-corrected chi connectivity index (χ2v) is 5.54. The van der Waals surface area contributed by atoms with Crippen LogP contribution in [0.3, 0.4) is 0 Å². The Kier molecular flexibility index (Phi) is 4.70. The fourth-order valence-electron chi connectivity index (χ4n) is 2.62. The highest BCUT2D eigenvalue weighted by Crippen LogP contribution is 2.11. The van der Waals surface area contributed by atoms with Gasteiger partial charge in [0.05, 0.1) is 12.4 Å². The lowest BCUT2D eigenvalue weighted by Gasteiger charge is -2.35. The lowest BCUT2D eigenvalue weighted by atomic mass is 10.2. The molecule has 0 radical (unpaired) electrons. The minimum atomic E-state index is -0.00677. The van der Waals surface area contributed by atoms with E-state index in [1.165, 1.54) is 0 Å². The van der Waals surface area contributed by atoms with Crippen LogP contribution >= 0.6 is 0 Å². The molecule has 1 fully saturated rings. The average molecular weight is 315 g/mol. The predicted octanol–water partition coefficient (Wildman–Crippen LogP) is 0.284. The molecule has 0 aliphatic carbocycles. The monoisotopic (exact) mass is 315 g/mol. The minimum Gasteiger partial charge on any atom is -0.352 e. The first-order chi connectivity index (χ1) is 11.2. The van der Waals surface area contributed by atoms with Gasteiger partial charge in [0.25, 0.3) is 0 Å². The van der Waals surface area contributed by atoms with Crippen LogP contribution in [0, 0.1) is 0 Å². The number of hydrogen-bond acceptors (Lipinski definition) is 5. The van der Waals surface area contributed by atoms with Crippen molar-refractivity contribution in [1.82, 2.24) is 30.0 Å². The Hall–Kier alpha value is -2.64. The molecular weight excluding hydrogens is 294 g/mol. The zero-order chi connectivity index (χ0) is 16.1. The summed E-state index contributed by atoms with van der Waals surface area (Å²) in [6.45, 7) is 3.54. The Morgan fingerprint density at radius 2 is 2.04 bits per heavy atom. The molecule has 0 atom stereocenters. The predicted molar refractivity (Wildman–Crippen MR) is 86.1 cm³/mol. The molecule has 8 nitrogen and oxygen atoms in total. The third kappa shape index (κ3) is 3.97. The molecule has 3 rings (SSSR count). The molecule has 2 amide bonds. The van der Waals surface area contributed by atoms with E-state index in [0.29, 0.717) is 19.6 Å². The van der Waals surface area contributed by atoms with E-state index in [0.717, 1.165) is 30.9 Å². The van der Waals surface area contributed by atoms with Gasteiger partial charge in [-0.05, 0) is 12.0 Å². The lowest BCUT2D eigenvalue weighted by molar-refractivity contribution is 0.194. The van der Waals surface area contributed by atoms with Crippen molar-refractivity contribution in [3.63, 3.8) is 0 Å². The van der Waals surface area contributed by atoms with E-state index in [1.54, 1.807) is 23.3 Å². The van der Waals surface area contributed by atoms with Gasteiger partial charge >= 0.3 is 6.03 Å². The van der Waals surface area contributed by atoms with Gasteiger partial charge < -0.3 is 15.1 Å². The summed E-state index contributed by atoms with van der Waals surface area (Å²) in [5.41, 5.74) is 1.13. The van der Waals surface area contributed by atoms with Crippen molar-refractivity contribution in [3.05, 3.63) is 36.5 Å². The van der Waals surface area contributed by atoms with Crippen LogP contribution in [0.2, 0.25) is 0 Å². The van der Waals surface area contributed by atoms with Gasteiger partial charge in [0, 0.05) is 58.4 Å². The van der Waals surface area contributed by atoms with Crippen LogP contribution in [0.25, 0.3) is 0 Å². The van der Waals surface area contributed by atoms with Gasteiger partial charge in [0.15, 0.2) is 0 Å². The SMILES string of the molecule is Cn1cc(CCNC(=O)N2CCN(c3cnccn3)CC2)cn1. The smallest absolute Gasteiger partial charge is 0.317 e. The highest BCUT2D eigenvalue weighted by atomic mass is 16.2. The molecule has 0 spiro atoms. The Balaban J connectivity index is 1.41. The standard InChI is InChI=1S/C15H21N7O/c1-20-12-13(10-19-20)2-3-18-15(23)22-8-6-21(7-9-22)14-11-16-4-5-17-14/h4-5,10-12H,2-3,6-9H2,1H3,(H,18,23). The molecule has 122 valence electrons.